The van der Waals surface area contributed by atoms with Crippen LogP contribution in [0.5, 0.6) is 0 Å². The van der Waals surface area contributed by atoms with E-state index < -0.39 is 0 Å². The van der Waals surface area contributed by atoms with E-state index in [0.717, 1.165) is 11.1 Å². The highest BCUT2D eigenvalue weighted by atomic mass is 35.5. The number of benzene rings is 2. The third kappa shape index (κ3) is 4.05. The largest absolute Gasteiger partial charge is 0.312 e. The van der Waals surface area contributed by atoms with E-state index in [4.69, 9.17) is 16.9 Å². The van der Waals surface area contributed by atoms with Gasteiger partial charge in [0.05, 0.1) is 12.5 Å². The van der Waals surface area contributed by atoms with Crippen molar-refractivity contribution in [2.45, 2.75) is 13.3 Å². The topological polar surface area (TPSA) is 65.8 Å². The molecule has 0 saturated carbocycles. The van der Waals surface area contributed by atoms with E-state index in [1.165, 1.54) is 11.3 Å². The quantitative estimate of drug-likeness (QED) is 0.698. The number of aromatic nitrogens is 1. The normalized spacial score (nSPS) is 10.3. The van der Waals surface area contributed by atoms with Gasteiger partial charge in [0.15, 0.2) is 0 Å². The minimum Gasteiger partial charge on any atom is -0.312 e. The second-order valence-corrected chi connectivity index (χ2v) is 6.97. The summed E-state index contributed by atoms with van der Waals surface area (Å²) in [6, 6.07) is 16.7. The molecule has 25 heavy (non-hydrogen) atoms. The van der Waals surface area contributed by atoms with Gasteiger partial charge in [0.2, 0.25) is 0 Å². The van der Waals surface area contributed by atoms with E-state index in [2.05, 4.69) is 16.4 Å². The third-order valence-corrected chi connectivity index (χ3v) is 4.78. The summed E-state index contributed by atoms with van der Waals surface area (Å²) in [5, 5.41) is 13.7. The number of nitriles is 1. The first-order valence-electron chi connectivity index (χ1n) is 7.57. The number of thiazole rings is 1. The van der Waals surface area contributed by atoms with Crippen LogP contribution in [0.1, 0.15) is 20.9 Å². The van der Waals surface area contributed by atoms with Gasteiger partial charge in [0.25, 0.3) is 5.91 Å². The Morgan fingerprint density at radius 1 is 1.20 bits per heavy atom. The molecule has 0 fully saturated rings. The van der Waals surface area contributed by atoms with Gasteiger partial charge in [0.1, 0.15) is 15.7 Å². The number of anilines is 1. The van der Waals surface area contributed by atoms with Crippen molar-refractivity contribution in [1.82, 2.24) is 4.98 Å². The minimum absolute atomic E-state index is 0.200. The van der Waals surface area contributed by atoms with Gasteiger partial charge in [-0.25, -0.2) is 4.98 Å². The maximum Gasteiger partial charge on any atom is 0.256 e. The van der Waals surface area contributed by atoms with E-state index in [-0.39, 0.29) is 12.3 Å². The summed E-state index contributed by atoms with van der Waals surface area (Å²) in [5.41, 5.74) is 3.15. The molecule has 0 aliphatic rings. The highest BCUT2D eigenvalue weighted by Crippen LogP contribution is 2.34. The van der Waals surface area contributed by atoms with Crippen molar-refractivity contribution in [3.05, 3.63) is 69.7 Å². The second-order valence-electron chi connectivity index (χ2n) is 5.45. The Kier molecular flexibility index (Phi) is 5.13. The van der Waals surface area contributed by atoms with Crippen molar-refractivity contribution in [2.24, 2.45) is 0 Å². The molecule has 0 spiro atoms. The summed E-state index contributed by atoms with van der Waals surface area (Å²) in [6.45, 7) is 1.97. The van der Waals surface area contributed by atoms with E-state index in [1.54, 1.807) is 24.3 Å². The number of hydrogen-bond acceptors (Lipinski definition) is 4. The van der Waals surface area contributed by atoms with Crippen molar-refractivity contribution < 1.29 is 4.79 Å². The summed E-state index contributed by atoms with van der Waals surface area (Å²) >= 11 is 7.25. The van der Waals surface area contributed by atoms with Crippen molar-refractivity contribution in [1.29, 1.82) is 5.26 Å². The smallest absolute Gasteiger partial charge is 0.256 e. The molecule has 0 aliphatic heterocycles. The first kappa shape index (κ1) is 17.2. The zero-order valence-corrected chi connectivity index (χ0v) is 15.0. The fraction of sp³-hybridized carbons (Fsp3) is 0.105. The van der Waals surface area contributed by atoms with Crippen molar-refractivity contribution in [3.63, 3.8) is 0 Å². The molecular weight excluding hydrogens is 354 g/mol. The summed E-state index contributed by atoms with van der Waals surface area (Å²) in [4.78, 5) is 17.0. The van der Waals surface area contributed by atoms with E-state index >= 15 is 0 Å². The minimum atomic E-state index is -0.206. The molecule has 2 aromatic carbocycles. The van der Waals surface area contributed by atoms with Gasteiger partial charge in [-0.15, -0.1) is 0 Å². The number of nitrogens with zero attached hydrogens (tertiary/aromatic N) is 2. The lowest BCUT2D eigenvalue weighted by atomic mass is 10.1. The number of amides is 1. The van der Waals surface area contributed by atoms with Gasteiger partial charge in [-0.1, -0.05) is 52.8 Å². The third-order valence-electron chi connectivity index (χ3n) is 3.56. The van der Waals surface area contributed by atoms with Gasteiger partial charge in [-0.05, 0) is 31.2 Å². The summed E-state index contributed by atoms with van der Waals surface area (Å²) in [6.07, 6.45) is 0.200. The first-order valence-corrected chi connectivity index (χ1v) is 8.77. The Bertz CT molecular complexity index is 940. The first-order chi connectivity index (χ1) is 12.1. The molecule has 0 atom stereocenters. The maximum absolute atomic E-state index is 12.5. The molecule has 1 heterocycles. The van der Waals surface area contributed by atoms with Crippen LogP contribution in [0.15, 0.2) is 48.5 Å². The Morgan fingerprint density at radius 3 is 2.52 bits per heavy atom. The number of hydrogen-bond donors (Lipinski definition) is 1. The zero-order valence-electron chi connectivity index (χ0n) is 13.4. The maximum atomic E-state index is 12.5. The van der Waals surface area contributed by atoms with Crippen LogP contribution in [0, 0.1) is 18.3 Å². The molecule has 1 N–H and O–H groups in total. The molecule has 0 aliphatic carbocycles. The van der Waals surface area contributed by atoms with Crippen molar-refractivity contribution in [3.8, 4) is 17.3 Å². The highest BCUT2D eigenvalue weighted by Gasteiger charge is 2.16. The van der Waals surface area contributed by atoms with Crippen LogP contribution in [-0.2, 0) is 6.42 Å². The monoisotopic (exact) mass is 367 g/mol. The van der Waals surface area contributed by atoms with Crippen molar-refractivity contribution >= 4 is 33.8 Å². The Hall–Kier alpha value is -2.68. The SMILES string of the molecule is Cc1ccc(C(=O)Nc2sc(CC#N)nc2-c2ccc(Cl)cc2)cc1. The predicted molar refractivity (Wildman–Crippen MR) is 101 cm³/mol. The number of aryl methyl sites for hydroxylation is 1. The molecule has 0 saturated heterocycles. The number of carbonyl (C=O) groups excluding carboxylic acids is 1. The molecule has 0 radical (unpaired) electrons. The predicted octanol–water partition coefficient (Wildman–Crippen LogP) is 5.09. The number of rotatable bonds is 4. The standard InChI is InChI=1S/C19H14ClN3OS/c1-12-2-4-14(5-3-12)18(24)23-19-17(22-16(25-19)10-11-21)13-6-8-15(20)9-7-13/h2-9H,10H2,1H3,(H,23,24). The average Bonchev–Trinajstić information content (AvgIpc) is 2.99. The molecule has 6 heteroatoms. The molecule has 3 aromatic rings. The van der Waals surface area contributed by atoms with Gasteiger partial charge >= 0.3 is 0 Å². The Balaban J connectivity index is 1.94. The lowest BCUT2D eigenvalue weighted by Crippen LogP contribution is -2.11. The highest BCUT2D eigenvalue weighted by molar-refractivity contribution is 7.16. The Morgan fingerprint density at radius 2 is 1.88 bits per heavy atom. The zero-order chi connectivity index (χ0) is 17.8. The van der Waals surface area contributed by atoms with Gasteiger partial charge in [-0.3, -0.25) is 4.79 Å². The van der Waals surface area contributed by atoms with Crippen LogP contribution in [0.25, 0.3) is 11.3 Å². The van der Waals surface area contributed by atoms with Gasteiger partial charge < -0.3 is 5.32 Å². The summed E-state index contributed by atoms with van der Waals surface area (Å²) in [5.74, 6) is -0.206. The fourth-order valence-electron chi connectivity index (χ4n) is 2.28. The molecule has 0 bridgehead atoms. The van der Waals surface area contributed by atoms with E-state index in [0.29, 0.717) is 26.3 Å². The van der Waals surface area contributed by atoms with Crippen LogP contribution in [0.4, 0.5) is 5.00 Å². The molecule has 0 unspecified atom stereocenters. The lowest BCUT2D eigenvalue weighted by Gasteiger charge is -2.06. The summed E-state index contributed by atoms with van der Waals surface area (Å²) < 4.78 is 0. The average molecular weight is 368 g/mol. The fourth-order valence-corrected chi connectivity index (χ4v) is 3.32. The Labute approximate surface area is 154 Å². The van der Waals surface area contributed by atoms with E-state index in [9.17, 15) is 4.79 Å². The molecule has 4 nitrogen and oxygen atoms in total. The number of carbonyl (C=O) groups is 1. The van der Waals surface area contributed by atoms with Crippen LogP contribution < -0.4 is 5.32 Å². The molecule has 3 rings (SSSR count). The molecule has 1 aromatic heterocycles. The number of halogens is 1. The van der Waals surface area contributed by atoms with Crippen LogP contribution >= 0.6 is 22.9 Å². The number of nitrogens with one attached hydrogen (secondary N) is 1. The summed E-state index contributed by atoms with van der Waals surface area (Å²) in [7, 11) is 0. The second kappa shape index (κ2) is 7.47. The molecule has 124 valence electrons. The van der Waals surface area contributed by atoms with Crippen LogP contribution in [-0.4, -0.2) is 10.9 Å². The van der Waals surface area contributed by atoms with Crippen LogP contribution in [0.3, 0.4) is 0 Å². The lowest BCUT2D eigenvalue weighted by molar-refractivity contribution is 0.102. The van der Waals surface area contributed by atoms with Gasteiger partial charge in [0, 0.05) is 16.1 Å². The van der Waals surface area contributed by atoms with Gasteiger partial charge in [-0.2, -0.15) is 5.26 Å². The van der Waals surface area contributed by atoms with Crippen LogP contribution in [0.2, 0.25) is 5.02 Å². The molecule has 1 amide bonds. The van der Waals surface area contributed by atoms with Crippen molar-refractivity contribution in [2.75, 3.05) is 5.32 Å². The molecular formula is C19H14ClN3OS. The van der Waals surface area contributed by atoms with E-state index in [1.807, 2.05) is 31.2 Å².